The first kappa shape index (κ1) is 23.0. The molecule has 1 aliphatic rings. The van der Waals surface area contributed by atoms with Gasteiger partial charge in [-0.3, -0.25) is 9.78 Å². The number of aryl methyl sites for hydroxylation is 2. The van der Waals surface area contributed by atoms with E-state index in [0.29, 0.717) is 11.7 Å². The molecule has 4 rings (SSSR count). The Hall–Kier alpha value is -3.19. The molecule has 0 bridgehead atoms. The molecule has 3 heterocycles. The quantitative estimate of drug-likeness (QED) is 0.410. The molecule has 0 spiro atoms. The number of esters is 1. The number of carbonyl (C=O) groups excluding carboxylic acids is 1. The third kappa shape index (κ3) is 4.37. The molecule has 172 valence electrons. The molecule has 0 saturated carbocycles. The van der Waals surface area contributed by atoms with E-state index in [9.17, 15) is 4.79 Å². The zero-order chi connectivity index (χ0) is 23.5. The van der Waals surface area contributed by atoms with Gasteiger partial charge in [0.1, 0.15) is 0 Å². The number of aromatic nitrogens is 2. The predicted octanol–water partition coefficient (Wildman–Crippen LogP) is 4.59. The molecular weight excluding hydrogens is 432 g/mol. The Morgan fingerprint density at radius 1 is 1.18 bits per heavy atom. The number of para-hydroxylation sites is 1. The average Bonchev–Trinajstić information content (AvgIpc) is 3.32. The predicted molar refractivity (Wildman–Crippen MR) is 133 cm³/mol. The zero-order valence-electron chi connectivity index (χ0n) is 19.5. The van der Waals surface area contributed by atoms with E-state index in [1.54, 1.807) is 6.20 Å². The molecule has 1 aromatic carbocycles. The largest absolute Gasteiger partial charge is 0.469 e. The van der Waals surface area contributed by atoms with Crippen molar-refractivity contribution < 1.29 is 9.53 Å². The average molecular weight is 463 g/mol. The fourth-order valence-corrected chi connectivity index (χ4v) is 5.12. The maximum atomic E-state index is 11.9. The number of rotatable bonds is 7. The first-order valence-electron chi connectivity index (χ1n) is 11.3. The highest BCUT2D eigenvalue weighted by molar-refractivity contribution is 7.80. The third-order valence-electron chi connectivity index (χ3n) is 6.38. The van der Waals surface area contributed by atoms with E-state index in [1.807, 2.05) is 18.2 Å². The molecule has 2 atom stereocenters. The summed E-state index contributed by atoms with van der Waals surface area (Å²) in [5, 5.41) is 4.09. The SMILES string of the molecule is CCc1ccccc1-n1c(C)cc([C@H]2[C@@H](c3ccccn3)NC(=S)N2CCC(=O)OC)c1C. The van der Waals surface area contributed by atoms with E-state index >= 15 is 0 Å². The lowest BCUT2D eigenvalue weighted by atomic mass is 9.96. The van der Waals surface area contributed by atoms with Gasteiger partial charge in [0.2, 0.25) is 0 Å². The van der Waals surface area contributed by atoms with E-state index in [4.69, 9.17) is 17.0 Å². The molecule has 1 aliphatic heterocycles. The monoisotopic (exact) mass is 462 g/mol. The second-order valence-corrected chi connectivity index (χ2v) is 8.68. The van der Waals surface area contributed by atoms with Gasteiger partial charge in [0.25, 0.3) is 0 Å². The standard InChI is InChI=1S/C26H30N4O2S/c1-5-19-10-6-7-12-22(19)30-17(2)16-20(18(30)3)25-24(21-11-8-9-14-27-21)28-26(33)29(25)15-13-23(31)32-4/h6-12,14,16,24-25H,5,13,15H2,1-4H3,(H,28,33)/t24-,25+/m1/s1. The summed E-state index contributed by atoms with van der Waals surface area (Å²) in [4.78, 5) is 18.6. The Morgan fingerprint density at radius 2 is 1.94 bits per heavy atom. The van der Waals surface area contributed by atoms with Crippen molar-refractivity contribution in [2.45, 2.75) is 45.7 Å². The second-order valence-electron chi connectivity index (χ2n) is 8.29. The molecule has 2 aromatic heterocycles. The van der Waals surface area contributed by atoms with Crippen LogP contribution in [0.1, 0.15) is 53.6 Å². The number of methoxy groups -OCH3 is 1. The summed E-state index contributed by atoms with van der Waals surface area (Å²) in [5.74, 6) is -0.250. The van der Waals surface area contributed by atoms with Crippen LogP contribution in [-0.4, -0.2) is 39.2 Å². The van der Waals surface area contributed by atoms with Gasteiger partial charge in [-0.2, -0.15) is 0 Å². The van der Waals surface area contributed by atoms with Gasteiger partial charge in [-0.25, -0.2) is 0 Å². The summed E-state index contributed by atoms with van der Waals surface area (Å²) in [6, 6.07) is 16.5. The minimum absolute atomic E-state index is 0.0919. The Balaban J connectivity index is 1.81. The number of nitrogens with zero attached hydrogens (tertiary/aromatic N) is 3. The zero-order valence-corrected chi connectivity index (χ0v) is 20.4. The maximum absolute atomic E-state index is 11.9. The summed E-state index contributed by atoms with van der Waals surface area (Å²) < 4.78 is 7.21. The fourth-order valence-electron chi connectivity index (χ4n) is 4.78. The minimum atomic E-state index is -0.250. The van der Waals surface area contributed by atoms with Crippen LogP contribution >= 0.6 is 12.2 Å². The molecule has 0 aliphatic carbocycles. The minimum Gasteiger partial charge on any atom is -0.469 e. The van der Waals surface area contributed by atoms with Crippen LogP contribution in [0.4, 0.5) is 0 Å². The number of nitrogens with one attached hydrogen (secondary N) is 1. The summed E-state index contributed by atoms with van der Waals surface area (Å²) in [6.45, 7) is 6.95. The number of hydrogen-bond donors (Lipinski definition) is 1. The molecule has 3 aromatic rings. The summed E-state index contributed by atoms with van der Waals surface area (Å²) in [7, 11) is 1.41. The Bertz CT molecular complexity index is 1160. The molecule has 1 N–H and O–H groups in total. The summed E-state index contributed by atoms with van der Waals surface area (Å²) in [5.41, 5.74) is 6.92. The topological polar surface area (TPSA) is 59.4 Å². The molecule has 6 nitrogen and oxygen atoms in total. The van der Waals surface area contributed by atoms with Crippen LogP contribution in [0, 0.1) is 13.8 Å². The summed E-state index contributed by atoms with van der Waals surface area (Å²) >= 11 is 5.73. The molecule has 0 unspecified atom stereocenters. The normalized spacial score (nSPS) is 17.8. The molecule has 1 saturated heterocycles. The lowest BCUT2D eigenvalue weighted by Crippen LogP contribution is -2.32. The van der Waals surface area contributed by atoms with Gasteiger partial charge in [-0.1, -0.05) is 31.2 Å². The Kier molecular flexibility index (Phi) is 6.79. The first-order chi connectivity index (χ1) is 16.0. The van der Waals surface area contributed by atoms with Crippen molar-refractivity contribution in [1.29, 1.82) is 0 Å². The smallest absolute Gasteiger partial charge is 0.307 e. The number of carbonyl (C=O) groups is 1. The molecule has 33 heavy (non-hydrogen) atoms. The van der Waals surface area contributed by atoms with Crippen molar-refractivity contribution in [2.75, 3.05) is 13.7 Å². The second kappa shape index (κ2) is 9.75. The third-order valence-corrected chi connectivity index (χ3v) is 6.74. The van der Waals surface area contributed by atoms with Crippen molar-refractivity contribution in [3.8, 4) is 5.69 Å². The van der Waals surface area contributed by atoms with E-state index < -0.39 is 0 Å². The maximum Gasteiger partial charge on any atom is 0.307 e. The molecule has 0 amide bonds. The van der Waals surface area contributed by atoms with Crippen LogP contribution in [0.3, 0.4) is 0 Å². The highest BCUT2D eigenvalue weighted by Gasteiger charge is 2.41. The van der Waals surface area contributed by atoms with Crippen molar-refractivity contribution in [2.24, 2.45) is 0 Å². The number of ether oxygens (including phenoxy) is 1. The Morgan fingerprint density at radius 3 is 2.64 bits per heavy atom. The van der Waals surface area contributed by atoms with Crippen LogP contribution in [0.5, 0.6) is 0 Å². The number of hydrogen-bond acceptors (Lipinski definition) is 4. The van der Waals surface area contributed by atoms with Crippen LogP contribution < -0.4 is 5.32 Å². The van der Waals surface area contributed by atoms with Gasteiger partial charge < -0.3 is 19.5 Å². The fraction of sp³-hybridized carbons (Fsp3) is 0.346. The van der Waals surface area contributed by atoms with E-state index in [0.717, 1.165) is 23.5 Å². The highest BCUT2D eigenvalue weighted by atomic mass is 32.1. The Labute approximate surface area is 200 Å². The van der Waals surface area contributed by atoms with Gasteiger partial charge in [-0.05, 0) is 67.9 Å². The van der Waals surface area contributed by atoms with Gasteiger partial charge in [-0.15, -0.1) is 0 Å². The lowest BCUT2D eigenvalue weighted by molar-refractivity contribution is -0.140. The molecule has 1 fully saturated rings. The lowest BCUT2D eigenvalue weighted by Gasteiger charge is -2.28. The van der Waals surface area contributed by atoms with E-state index in [-0.39, 0.29) is 24.5 Å². The van der Waals surface area contributed by atoms with Crippen molar-refractivity contribution in [3.05, 3.63) is 82.9 Å². The van der Waals surface area contributed by atoms with Gasteiger partial charge >= 0.3 is 5.97 Å². The van der Waals surface area contributed by atoms with Gasteiger partial charge in [0, 0.05) is 29.8 Å². The van der Waals surface area contributed by atoms with E-state index in [2.05, 4.69) is 70.9 Å². The number of pyridine rings is 1. The van der Waals surface area contributed by atoms with Crippen molar-refractivity contribution in [3.63, 3.8) is 0 Å². The van der Waals surface area contributed by atoms with Crippen molar-refractivity contribution >= 4 is 23.3 Å². The van der Waals surface area contributed by atoms with Crippen molar-refractivity contribution in [1.82, 2.24) is 19.8 Å². The summed E-state index contributed by atoms with van der Waals surface area (Å²) in [6.07, 6.45) is 3.02. The van der Waals surface area contributed by atoms with Crippen LogP contribution in [-0.2, 0) is 16.0 Å². The first-order valence-corrected chi connectivity index (χ1v) is 11.7. The van der Waals surface area contributed by atoms with E-state index in [1.165, 1.54) is 23.9 Å². The molecule has 0 radical (unpaired) electrons. The van der Waals surface area contributed by atoms with Gasteiger partial charge in [0.15, 0.2) is 5.11 Å². The van der Waals surface area contributed by atoms with Crippen LogP contribution in [0.25, 0.3) is 5.69 Å². The van der Waals surface area contributed by atoms with Crippen LogP contribution in [0.15, 0.2) is 54.7 Å². The highest BCUT2D eigenvalue weighted by Crippen LogP contribution is 2.41. The van der Waals surface area contributed by atoms with Crippen LogP contribution in [0.2, 0.25) is 0 Å². The number of benzene rings is 1. The molecule has 7 heteroatoms. The molecular formula is C26H30N4O2S. The number of thiocarbonyl (C=S) groups is 1. The van der Waals surface area contributed by atoms with Gasteiger partial charge in [0.05, 0.1) is 31.3 Å².